The van der Waals surface area contributed by atoms with Crippen LogP contribution in [0.5, 0.6) is 0 Å². The molecule has 0 bridgehead atoms. The molecule has 0 unspecified atom stereocenters. The fraction of sp³-hybridized carbons (Fsp3) is 0.370. The van der Waals surface area contributed by atoms with Crippen LogP contribution in [0.4, 0.5) is 0 Å². The van der Waals surface area contributed by atoms with E-state index in [9.17, 15) is 9.59 Å². The number of hydrogen-bond donors (Lipinski definition) is 0. The summed E-state index contributed by atoms with van der Waals surface area (Å²) >= 11 is 0. The maximum absolute atomic E-state index is 12.2. The molecule has 0 N–H and O–H groups in total. The lowest BCUT2D eigenvalue weighted by Gasteiger charge is -2.17. The molecule has 0 radical (unpaired) electrons. The van der Waals surface area contributed by atoms with Crippen molar-refractivity contribution in [1.29, 1.82) is 0 Å². The molecule has 0 fully saturated rings. The van der Waals surface area contributed by atoms with Crippen LogP contribution in [0.2, 0.25) is 0 Å². The van der Waals surface area contributed by atoms with Crippen LogP contribution in [0.25, 0.3) is 39.1 Å². The standard InChI is InChI=1S/C27H30N8O4/c1-26(2,3)24(36)38-15-33-9-7-18-20(28-13-29-21(18)33)17-11-32-35(12-17)23-19-8-10-34(22(19)30-14-31-23)16-39-25(37)27(4,5)6/h7-14H,15-16H2,1-6H3. The van der Waals surface area contributed by atoms with Crippen LogP contribution in [0.1, 0.15) is 41.5 Å². The molecule has 0 spiro atoms. The number of rotatable bonds is 6. The Morgan fingerprint density at radius 3 is 1.90 bits per heavy atom. The Labute approximate surface area is 224 Å². The van der Waals surface area contributed by atoms with Crippen LogP contribution in [0, 0.1) is 10.8 Å². The zero-order valence-electron chi connectivity index (χ0n) is 22.7. The van der Waals surface area contributed by atoms with Gasteiger partial charge in [-0.2, -0.15) is 5.10 Å². The molecule has 202 valence electrons. The molecule has 0 atom stereocenters. The molecule has 0 aliphatic rings. The van der Waals surface area contributed by atoms with E-state index in [1.807, 2.05) is 45.3 Å². The average molecular weight is 531 g/mol. The molecular formula is C27H30N8O4. The summed E-state index contributed by atoms with van der Waals surface area (Å²) in [4.78, 5) is 42.1. The van der Waals surface area contributed by atoms with Crippen molar-refractivity contribution < 1.29 is 19.1 Å². The van der Waals surface area contributed by atoms with E-state index < -0.39 is 10.8 Å². The van der Waals surface area contributed by atoms with Gasteiger partial charge in [0.2, 0.25) is 0 Å². The van der Waals surface area contributed by atoms with Crippen LogP contribution >= 0.6 is 0 Å². The number of aromatic nitrogens is 8. The van der Waals surface area contributed by atoms with Crippen molar-refractivity contribution in [1.82, 2.24) is 38.9 Å². The summed E-state index contributed by atoms with van der Waals surface area (Å²) in [6.07, 6.45) is 10.1. The summed E-state index contributed by atoms with van der Waals surface area (Å²) in [7, 11) is 0. The maximum Gasteiger partial charge on any atom is 0.312 e. The Morgan fingerprint density at radius 1 is 0.769 bits per heavy atom. The summed E-state index contributed by atoms with van der Waals surface area (Å²) < 4.78 is 16.1. The Bertz CT molecular complexity index is 1560. The second-order valence-electron chi connectivity index (χ2n) is 11.3. The van der Waals surface area contributed by atoms with E-state index in [-0.39, 0.29) is 25.4 Å². The summed E-state index contributed by atoms with van der Waals surface area (Å²) in [5.41, 5.74) is 1.51. The maximum atomic E-state index is 12.2. The molecule has 5 heterocycles. The van der Waals surface area contributed by atoms with Gasteiger partial charge in [-0.25, -0.2) is 24.6 Å². The van der Waals surface area contributed by atoms with Crippen molar-refractivity contribution in [3.8, 4) is 17.1 Å². The highest BCUT2D eigenvalue weighted by atomic mass is 16.5. The number of nitrogens with zero attached hydrogens (tertiary/aromatic N) is 8. The van der Waals surface area contributed by atoms with Crippen LogP contribution in [0.3, 0.4) is 0 Å². The molecule has 39 heavy (non-hydrogen) atoms. The molecule has 0 amide bonds. The van der Waals surface area contributed by atoms with Crippen molar-refractivity contribution in [2.24, 2.45) is 10.8 Å². The fourth-order valence-corrected chi connectivity index (χ4v) is 3.87. The van der Waals surface area contributed by atoms with Gasteiger partial charge in [0, 0.05) is 29.5 Å². The van der Waals surface area contributed by atoms with Gasteiger partial charge < -0.3 is 9.47 Å². The van der Waals surface area contributed by atoms with Crippen molar-refractivity contribution >= 4 is 34.0 Å². The zero-order valence-corrected chi connectivity index (χ0v) is 22.7. The highest BCUT2D eigenvalue weighted by molar-refractivity contribution is 5.91. The Balaban J connectivity index is 1.41. The van der Waals surface area contributed by atoms with Crippen molar-refractivity contribution in [2.75, 3.05) is 0 Å². The molecule has 0 aliphatic heterocycles. The fourth-order valence-electron chi connectivity index (χ4n) is 3.87. The van der Waals surface area contributed by atoms with E-state index in [1.165, 1.54) is 12.7 Å². The molecule has 5 aromatic heterocycles. The Morgan fingerprint density at radius 2 is 1.31 bits per heavy atom. The predicted molar refractivity (Wildman–Crippen MR) is 142 cm³/mol. The minimum absolute atomic E-state index is 0.0430. The molecule has 12 heteroatoms. The number of ether oxygens (including phenoxy) is 2. The molecule has 5 rings (SSSR count). The molecule has 0 aromatic carbocycles. The number of hydrogen-bond acceptors (Lipinski definition) is 9. The first-order chi connectivity index (χ1) is 18.4. The summed E-state index contributed by atoms with van der Waals surface area (Å²) in [6, 6.07) is 3.74. The quantitative estimate of drug-likeness (QED) is 0.297. The highest BCUT2D eigenvalue weighted by Gasteiger charge is 2.24. The number of fused-ring (bicyclic) bond motifs is 2. The van der Waals surface area contributed by atoms with Gasteiger partial charge in [-0.1, -0.05) is 0 Å². The SMILES string of the molecule is CC(C)(C)C(=O)OCn1ccc2c(-c3cnn(-c4ncnc5c4ccn5COC(=O)C(C)(C)C)c3)ncnc21. The smallest absolute Gasteiger partial charge is 0.312 e. The van der Waals surface area contributed by atoms with Crippen LogP contribution in [-0.4, -0.2) is 50.8 Å². The van der Waals surface area contributed by atoms with Gasteiger partial charge in [0.25, 0.3) is 0 Å². The number of carbonyl (C=O) groups excluding carboxylic acids is 2. The van der Waals surface area contributed by atoms with Gasteiger partial charge in [0.1, 0.15) is 23.9 Å². The molecular weight excluding hydrogens is 500 g/mol. The Hall–Kier alpha value is -4.61. The first kappa shape index (κ1) is 26.0. The molecule has 12 nitrogen and oxygen atoms in total. The average Bonchev–Trinajstić information content (AvgIpc) is 3.63. The lowest BCUT2D eigenvalue weighted by Crippen LogP contribution is -2.23. The lowest BCUT2D eigenvalue weighted by atomic mass is 9.97. The second kappa shape index (κ2) is 9.61. The minimum atomic E-state index is -0.598. The van der Waals surface area contributed by atoms with Crippen LogP contribution in [0.15, 0.2) is 49.6 Å². The predicted octanol–water partition coefficient (Wildman–Crippen LogP) is 4.12. The van der Waals surface area contributed by atoms with Gasteiger partial charge in [-0.15, -0.1) is 0 Å². The van der Waals surface area contributed by atoms with Crippen LogP contribution in [-0.2, 0) is 32.5 Å². The van der Waals surface area contributed by atoms with Crippen molar-refractivity contribution in [2.45, 2.75) is 55.0 Å². The topological polar surface area (TPSA) is 132 Å². The Kier molecular flexibility index (Phi) is 6.41. The molecule has 5 aromatic rings. The van der Waals surface area contributed by atoms with E-state index >= 15 is 0 Å². The third-order valence-corrected chi connectivity index (χ3v) is 6.06. The van der Waals surface area contributed by atoms with Gasteiger partial charge in [0.15, 0.2) is 19.3 Å². The van der Waals surface area contributed by atoms with Gasteiger partial charge in [0.05, 0.1) is 28.1 Å². The van der Waals surface area contributed by atoms with Gasteiger partial charge >= 0.3 is 11.9 Å². The normalized spacial score (nSPS) is 12.3. The summed E-state index contributed by atoms with van der Waals surface area (Å²) in [5.74, 6) is -0.0194. The van der Waals surface area contributed by atoms with Gasteiger partial charge in [-0.05, 0) is 53.7 Å². The summed E-state index contributed by atoms with van der Waals surface area (Å²) in [5, 5.41) is 6.07. The monoisotopic (exact) mass is 530 g/mol. The second-order valence-corrected chi connectivity index (χ2v) is 11.3. The van der Waals surface area contributed by atoms with Crippen molar-refractivity contribution in [3.63, 3.8) is 0 Å². The van der Waals surface area contributed by atoms with Gasteiger partial charge in [-0.3, -0.25) is 18.7 Å². The molecule has 0 aliphatic carbocycles. The number of carbonyl (C=O) groups is 2. The zero-order chi connectivity index (χ0) is 27.9. The van der Waals surface area contributed by atoms with E-state index in [4.69, 9.17) is 9.47 Å². The summed E-state index contributed by atoms with van der Waals surface area (Å²) in [6.45, 7) is 10.9. The van der Waals surface area contributed by atoms with E-state index in [2.05, 4.69) is 25.0 Å². The minimum Gasteiger partial charge on any atom is -0.443 e. The lowest BCUT2D eigenvalue weighted by molar-refractivity contribution is -0.157. The number of esters is 2. The third kappa shape index (κ3) is 5.09. The van der Waals surface area contributed by atoms with E-state index in [0.717, 1.165) is 16.3 Å². The third-order valence-electron chi connectivity index (χ3n) is 6.06. The molecule has 0 saturated heterocycles. The first-order valence-corrected chi connectivity index (χ1v) is 12.4. The van der Waals surface area contributed by atoms with E-state index in [1.54, 1.807) is 47.0 Å². The van der Waals surface area contributed by atoms with Crippen molar-refractivity contribution in [3.05, 3.63) is 49.6 Å². The largest absolute Gasteiger partial charge is 0.443 e. The molecule has 0 saturated carbocycles. The first-order valence-electron chi connectivity index (χ1n) is 12.4. The highest BCUT2D eigenvalue weighted by Crippen LogP contribution is 2.28. The van der Waals surface area contributed by atoms with Crippen LogP contribution < -0.4 is 0 Å². The van der Waals surface area contributed by atoms with E-state index in [0.29, 0.717) is 22.8 Å².